The molecule has 1 aromatic carbocycles. The largest absolute Gasteiger partial charge is 0.395 e. The first kappa shape index (κ1) is 13.7. The summed E-state index contributed by atoms with van der Waals surface area (Å²) in [6.45, 7) is 5.24. The molecule has 1 rings (SSSR count). The fourth-order valence-corrected chi connectivity index (χ4v) is 1.69. The zero-order valence-corrected chi connectivity index (χ0v) is 10.4. The molecule has 4 nitrogen and oxygen atoms in total. The zero-order chi connectivity index (χ0) is 12.8. The van der Waals surface area contributed by atoms with Gasteiger partial charge in [-0.25, -0.2) is 0 Å². The number of nitrogens with zero attached hydrogens (tertiary/aromatic N) is 1. The minimum atomic E-state index is -0.472. The predicted octanol–water partition coefficient (Wildman–Crippen LogP) is 1.04. The number of nitrogens with two attached hydrogens (primary N) is 1. The van der Waals surface area contributed by atoms with Crippen LogP contribution in [0.25, 0.3) is 0 Å². The SMILES string of the molecule is CCN(CCO)c1ccc(C(=O)C(C)N)cc1. The molecule has 0 saturated heterocycles. The van der Waals surface area contributed by atoms with Crippen molar-refractivity contribution in [2.24, 2.45) is 5.73 Å². The summed E-state index contributed by atoms with van der Waals surface area (Å²) in [6.07, 6.45) is 0. The van der Waals surface area contributed by atoms with E-state index in [0.29, 0.717) is 12.1 Å². The third-order valence-electron chi connectivity index (χ3n) is 2.68. The highest BCUT2D eigenvalue weighted by Gasteiger charge is 2.11. The molecule has 1 aromatic rings. The number of Topliss-reactive ketones (excluding diaryl/α,β-unsaturated/α-hetero) is 1. The standard InChI is InChI=1S/C13H20N2O2/c1-3-15(8-9-16)12-6-4-11(5-7-12)13(17)10(2)14/h4-7,10,16H,3,8-9,14H2,1-2H3. The summed E-state index contributed by atoms with van der Waals surface area (Å²) in [7, 11) is 0. The number of anilines is 1. The molecule has 0 aromatic heterocycles. The van der Waals surface area contributed by atoms with Crippen molar-refractivity contribution in [1.29, 1.82) is 0 Å². The van der Waals surface area contributed by atoms with E-state index in [1.54, 1.807) is 19.1 Å². The third kappa shape index (κ3) is 3.54. The van der Waals surface area contributed by atoms with Crippen LogP contribution in [0.5, 0.6) is 0 Å². The van der Waals surface area contributed by atoms with Gasteiger partial charge in [0.2, 0.25) is 0 Å². The molecule has 0 bridgehead atoms. The summed E-state index contributed by atoms with van der Waals surface area (Å²) in [6, 6.07) is 6.85. The van der Waals surface area contributed by atoms with Crippen molar-refractivity contribution in [3.63, 3.8) is 0 Å². The molecule has 17 heavy (non-hydrogen) atoms. The van der Waals surface area contributed by atoms with Crippen LogP contribution in [0.3, 0.4) is 0 Å². The van der Waals surface area contributed by atoms with E-state index in [9.17, 15) is 4.79 Å². The Morgan fingerprint density at radius 2 is 2.00 bits per heavy atom. The molecule has 0 heterocycles. The molecule has 1 atom stereocenters. The molecule has 0 saturated carbocycles. The highest BCUT2D eigenvalue weighted by Crippen LogP contribution is 2.15. The van der Waals surface area contributed by atoms with Crippen LogP contribution < -0.4 is 10.6 Å². The lowest BCUT2D eigenvalue weighted by atomic mass is 10.1. The van der Waals surface area contributed by atoms with Gasteiger partial charge in [0.15, 0.2) is 5.78 Å². The number of aliphatic hydroxyl groups is 1. The molecule has 1 unspecified atom stereocenters. The normalized spacial score (nSPS) is 12.2. The maximum absolute atomic E-state index is 11.6. The van der Waals surface area contributed by atoms with Crippen molar-refractivity contribution in [3.05, 3.63) is 29.8 Å². The van der Waals surface area contributed by atoms with Gasteiger partial charge in [-0.2, -0.15) is 0 Å². The summed E-state index contributed by atoms with van der Waals surface area (Å²) in [5, 5.41) is 8.93. The van der Waals surface area contributed by atoms with Gasteiger partial charge in [0.25, 0.3) is 0 Å². The Hall–Kier alpha value is -1.39. The fourth-order valence-electron chi connectivity index (χ4n) is 1.69. The fraction of sp³-hybridized carbons (Fsp3) is 0.462. The summed E-state index contributed by atoms with van der Waals surface area (Å²) in [5.41, 5.74) is 7.18. The van der Waals surface area contributed by atoms with E-state index in [1.165, 1.54) is 0 Å². The van der Waals surface area contributed by atoms with Gasteiger partial charge < -0.3 is 15.7 Å². The molecule has 4 heteroatoms. The molecule has 0 fully saturated rings. The van der Waals surface area contributed by atoms with E-state index in [1.807, 2.05) is 24.0 Å². The van der Waals surface area contributed by atoms with Crippen molar-refractivity contribution < 1.29 is 9.90 Å². The average molecular weight is 236 g/mol. The quantitative estimate of drug-likeness (QED) is 0.724. The number of carbonyl (C=O) groups is 1. The van der Waals surface area contributed by atoms with Crippen molar-refractivity contribution in [3.8, 4) is 0 Å². The number of hydrogen-bond acceptors (Lipinski definition) is 4. The Labute approximate surface area is 102 Å². The van der Waals surface area contributed by atoms with Crippen LogP contribution in [0.15, 0.2) is 24.3 Å². The smallest absolute Gasteiger partial charge is 0.179 e. The highest BCUT2D eigenvalue weighted by molar-refractivity contribution is 5.99. The molecule has 0 radical (unpaired) electrons. The maximum atomic E-state index is 11.6. The lowest BCUT2D eigenvalue weighted by Crippen LogP contribution is -2.27. The van der Waals surface area contributed by atoms with Crippen molar-refractivity contribution in [2.75, 3.05) is 24.6 Å². The second-order valence-corrected chi connectivity index (χ2v) is 4.00. The van der Waals surface area contributed by atoms with Gasteiger partial charge in [0.05, 0.1) is 12.6 Å². The minimum Gasteiger partial charge on any atom is -0.395 e. The highest BCUT2D eigenvalue weighted by atomic mass is 16.3. The second kappa shape index (κ2) is 6.37. The first-order valence-corrected chi connectivity index (χ1v) is 5.85. The summed E-state index contributed by atoms with van der Waals surface area (Å²) >= 11 is 0. The lowest BCUT2D eigenvalue weighted by molar-refractivity contribution is 0.0968. The number of carbonyl (C=O) groups excluding carboxylic acids is 1. The third-order valence-corrected chi connectivity index (χ3v) is 2.68. The Balaban J connectivity index is 2.83. The maximum Gasteiger partial charge on any atom is 0.179 e. The molecule has 3 N–H and O–H groups in total. The number of hydrogen-bond donors (Lipinski definition) is 2. The molecule has 0 aliphatic rings. The van der Waals surface area contributed by atoms with Gasteiger partial charge >= 0.3 is 0 Å². The first-order chi connectivity index (χ1) is 8.10. The van der Waals surface area contributed by atoms with Crippen LogP contribution in [-0.4, -0.2) is 36.6 Å². The van der Waals surface area contributed by atoms with Crippen molar-refractivity contribution in [2.45, 2.75) is 19.9 Å². The Bertz CT molecular complexity index is 360. The van der Waals surface area contributed by atoms with Gasteiger partial charge in [0.1, 0.15) is 0 Å². The number of ketones is 1. The topological polar surface area (TPSA) is 66.6 Å². The average Bonchev–Trinajstić information content (AvgIpc) is 2.35. The lowest BCUT2D eigenvalue weighted by Gasteiger charge is -2.22. The number of benzene rings is 1. The van der Waals surface area contributed by atoms with E-state index in [0.717, 1.165) is 12.2 Å². The van der Waals surface area contributed by atoms with E-state index in [-0.39, 0.29) is 12.4 Å². The molecular weight excluding hydrogens is 216 g/mol. The summed E-state index contributed by atoms with van der Waals surface area (Å²) in [4.78, 5) is 13.7. The predicted molar refractivity (Wildman–Crippen MR) is 69.4 cm³/mol. The molecule has 0 amide bonds. The molecule has 0 aliphatic carbocycles. The first-order valence-electron chi connectivity index (χ1n) is 5.85. The monoisotopic (exact) mass is 236 g/mol. The number of rotatable bonds is 6. The number of likely N-dealkylation sites (N-methyl/N-ethyl adjacent to an activating group) is 1. The van der Waals surface area contributed by atoms with Gasteiger partial charge in [-0.15, -0.1) is 0 Å². The molecular formula is C13H20N2O2. The van der Waals surface area contributed by atoms with Gasteiger partial charge in [-0.05, 0) is 38.1 Å². The summed E-state index contributed by atoms with van der Waals surface area (Å²) in [5.74, 6) is -0.0539. The van der Waals surface area contributed by atoms with E-state index < -0.39 is 6.04 Å². The van der Waals surface area contributed by atoms with Crippen LogP contribution in [0.1, 0.15) is 24.2 Å². The molecule has 0 spiro atoms. The van der Waals surface area contributed by atoms with Crippen LogP contribution in [0, 0.1) is 0 Å². The molecule has 0 aliphatic heterocycles. The van der Waals surface area contributed by atoms with E-state index in [4.69, 9.17) is 10.8 Å². The molecule has 94 valence electrons. The Kier molecular flexibility index (Phi) is 5.12. The summed E-state index contributed by atoms with van der Waals surface area (Å²) < 4.78 is 0. The Morgan fingerprint density at radius 3 is 2.41 bits per heavy atom. The second-order valence-electron chi connectivity index (χ2n) is 4.00. The van der Waals surface area contributed by atoms with Gasteiger partial charge in [-0.1, -0.05) is 0 Å². The van der Waals surface area contributed by atoms with Crippen LogP contribution >= 0.6 is 0 Å². The Morgan fingerprint density at radius 1 is 1.41 bits per heavy atom. The van der Waals surface area contributed by atoms with Gasteiger partial charge in [0, 0.05) is 24.3 Å². The van der Waals surface area contributed by atoms with Gasteiger partial charge in [-0.3, -0.25) is 4.79 Å². The zero-order valence-electron chi connectivity index (χ0n) is 10.4. The van der Waals surface area contributed by atoms with E-state index in [2.05, 4.69) is 0 Å². The number of aliphatic hydroxyl groups excluding tert-OH is 1. The van der Waals surface area contributed by atoms with Crippen molar-refractivity contribution >= 4 is 11.5 Å². The van der Waals surface area contributed by atoms with Crippen LogP contribution in [-0.2, 0) is 0 Å². The van der Waals surface area contributed by atoms with Crippen molar-refractivity contribution in [1.82, 2.24) is 0 Å². The van der Waals surface area contributed by atoms with Crippen LogP contribution in [0.2, 0.25) is 0 Å². The van der Waals surface area contributed by atoms with E-state index >= 15 is 0 Å². The minimum absolute atomic E-state index is 0.0539. The van der Waals surface area contributed by atoms with Crippen LogP contribution in [0.4, 0.5) is 5.69 Å².